The quantitative estimate of drug-likeness (QED) is 0.626. The van der Waals surface area contributed by atoms with Crippen LogP contribution < -0.4 is 4.74 Å². The number of ether oxygens (including phenoxy) is 1. The van der Waals surface area contributed by atoms with Crippen LogP contribution in [-0.2, 0) is 0 Å². The van der Waals surface area contributed by atoms with Gasteiger partial charge in [-0.05, 0) is 30.3 Å². The molecule has 0 heterocycles. The zero-order chi connectivity index (χ0) is 14.5. The first kappa shape index (κ1) is 13.1. The SMILES string of the molecule is N#Cc1ccc(Oc2ccc([N+](=O)[O-])c(C#N)c2)cc1. The fourth-order valence-corrected chi connectivity index (χ4v) is 1.56. The molecule has 0 saturated heterocycles. The molecule has 20 heavy (non-hydrogen) atoms. The molecule has 0 fully saturated rings. The highest BCUT2D eigenvalue weighted by Gasteiger charge is 2.14. The average Bonchev–Trinajstić information content (AvgIpc) is 2.47. The molecule has 0 N–H and O–H groups in total. The molecule has 0 amide bonds. The lowest BCUT2D eigenvalue weighted by atomic mass is 10.2. The minimum absolute atomic E-state index is 0.0684. The largest absolute Gasteiger partial charge is 0.457 e. The summed E-state index contributed by atoms with van der Waals surface area (Å²) in [6.45, 7) is 0. The van der Waals surface area contributed by atoms with Crippen LogP contribution in [0.25, 0.3) is 0 Å². The van der Waals surface area contributed by atoms with Crippen LogP contribution in [0.5, 0.6) is 11.5 Å². The van der Waals surface area contributed by atoms with Crippen molar-refractivity contribution in [2.75, 3.05) is 0 Å². The van der Waals surface area contributed by atoms with Gasteiger partial charge in [0, 0.05) is 12.1 Å². The summed E-state index contributed by atoms with van der Waals surface area (Å²) in [6, 6.07) is 14.1. The Kier molecular flexibility index (Phi) is 3.60. The molecule has 2 rings (SSSR count). The summed E-state index contributed by atoms with van der Waals surface area (Å²) in [6.07, 6.45) is 0. The van der Waals surface area contributed by atoms with E-state index in [1.807, 2.05) is 6.07 Å². The van der Waals surface area contributed by atoms with Crippen molar-refractivity contribution >= 4 is 5.69 Å². The van der Waals surface area contributed by atoms with Crippen LogP contribution in [0.1, 0.15) is 11.1 Å². The molecule has 0 aromatic heterocycles. The van der Waals surface area contributed by atoms with Crippen LogP contribution in [0.2, 0.25) is 0 Å². The topological polar surface area (TPSA) is 99.9 Å². The molecule has 6 heteroatoms. The first-order valence-electron chi connectivity index (χ1n) is 5.50. The minimum atomic E-state index is -0.621. The summed E-state index contributed by atoms with van der Waals surface area (Å²) >= 11 is 0. The first-order chi connectivity index (χ1) is 9.63. The van der Waals surface area contributed by atoms with Crippen molar-refractivity contribution in [1.29, 1.82) is 10.5 Å². The van der Waals surface area contributed by atoms with E-state index in [4.69, 9.17) is 15.3 Å². The Labute approximate surface area is 114 Å². The third-order valence-electron chi connectivity index (χ3n) is 2.50. The van der Waals surface area contributed by atoms with E-state index in [9.17, 15) is 10.1 Å². The Morgan fingerprint density at radius 3 is 2.20 bits per heavy atom. The van der Waals surface area contributed by atoms with E-state index in [0.29, 0.717) is 17.1 Å². The lowest BCUT2D eigenvalue weighted by molar-refractivity contribution is -0.385. The Hall–Kier alpha value is -3.38. The van der Waals surface area contributed by atoms with Crippen molar-refractivity contribution in [3.05, 3.63) is 63.7 Å². The van der Waals surface area contributed by atoms with Gasteiger partial charge in [-0.3, -0.25) is 10.1 Å². The lowest BCUT2D eigenvalue weighted by Gasteiger charge is -2.05. The van der Waals surface area contributed by atoms with Gasteiger partial charge < -0.3 is 4.74 Å². The van der Waals surface area contributed by atoms with Gasteiger partial charge in [-0.15, -0.1) is 0 Å². The van der Waals surface area contributed by atoms with Crippen molar-refractivity contribution in [3.63, 3.8) is 0 Å². The van der Waals surface area contributed by atoms with Crippen molar-refractivity contribution in [3.8, 4) is 23.6 Å². The monoisotopic (exact) mass is 265 g/mol. The number of rotatable bonds is 3. The number of hydrogen-bond acceptors (Lipinski definition) is 5. The Balaban J connectivity index is 2.28. The third-order valence-corrected chi connectivity index (χ3v) is 2.50. The summed E-state index contributed by atoms with van der Waals surface area (Å²) in [5, 5.41) is 28.3. The highest BCUT2D eigenvalue weighted by atomic mass is 16.6. The molecule has 0 bridgehead atoms. The number of hydrogen-bond donors (Lipinski definition) is 0. The van der Waals surface area contributed by atoms with Gasteiger partial charge in [0.05, 0.1) is 16.6 Å². The maximum absolute atomic E-state index is 10.7. The maximum atomic E-state index is 10.7. The van der Waals surface area contributed by atoms with Crippen LogP contribution in [0, 0.1) is 32.8 Å². The Bertz CT molecular complexity index is 740. The Morgan fingerprint density at radius 1 is 1.00 bits per heavy atom. The molecular formula is C14H7N3O3. The molecule has 0 spiro atoms. The third kappa shape index (κ3) is 2.71. The van der Waals surface area contributed by atoms with Gasteiger partial charge in [-0.25, -0.2) is 0 Å². The molecule has 0 radical (unpaired) electrons. The molecule has 0 aliphatic heterocycles. The molecule has 2 aromatic rings. The summed E-state index contributed by atoms with van der Waals surface area (Å²) in [7, 11) is 0. The Morgan fingerprint density at radius 2 is 1.65 bits per heavy atom. The van der Waals surface area contributed by atoms with Crippen LogP contribution in [0.3, 0.4) is 0 Å². The van der Waals surface area contributed by atoms with Crippen LogP contribution in [0.15, 0.2) is 42.5 Å². The molecule has 0 atom stereocenters. The molecule has 0 unspecified atom stereocenters. The van der Waals surface area contributed by atoms with Crippen molar-refractivity contribution in [2.45, 2.75) is 0 Å². The molecular weight excluding hydrogens is 258 g/mol. The number of nitro groups is 1. The predicted molar refractivity (Wildman–Crippen MR) is 69.0 cm³/mol. The second-order valence-corrected chi connectivity index (χ2v) is 3.79. The van der Waals surface area contributed by atoms with Crippen molar-refractivity contribution in [1.82, 2.24) is 0 Å². The zero-order valence-electron chi connectivity index (χ0n) is 10.1. The average molecular weight is 265 g/mol. The molecule has 6 nitrogen and oxygen atoms in total. The number of nitriles is 2. The second-order valence-electron chi connectivity index (χ2n) is 3.79. The minimum Gasteiger partial charge on any atom is -0.457 e. The van der Waals surface area contributed by atoms with Gasteiger partial charge in [-0.1, -0.05) is 0 Å². The van der Waals surface area contributed by atoms with Crippen molar-refractivity contribution < 1.29 is 9.66 Å². The zero-order valence-corrected chi connectivity index (χ0v) is 10.1. The highest BCUT2D eigenvalue weighted by Crippen LogP contribution is 2.27. The number of nitro benzene ring substituents is 1. The number of nitrogens with zero attached hydrogens (tertiary/aromatic N) is 3. The van der Waals surface area contributed by atoms with Crippen LogP contribution in [0.4, 0.5) is 5.69 Å². The van der Waals surface area contributed by atoms with E-state index in [-0.39, 0.29) is 11.3 Å². The van der Waals surface area contributed by atoms with Gasteiger partial charge >= 0.3 is 0 Å². The van der Waals surface area contributed by atoms with Crippen LogP contribution in [-0.4, -0.2) is 4.92 Å². The first-order valence-corrected chi connectivity index (χ1v) is 5.50. The lowest BCUT2D eigenvalue weighted by Crippen LogP contribution is -1.93. The van der Waals surface area contributed by atoms with Crippen molar-refractivity contribution in [2.24, 2.45) is 0 Å². The van der Waals surface area contributed by atoms with Crippen LogP contribution >= 0.6 is 0 Å². The molecule has 0 aliphatic rings. The van der Waals surface area contributed by atoms with Gasteiger partial charge in [-0.2, -0.15) is 10.5 Å². The summed E-state index contributed by atoms with van der Waals surface area (Å²) in [5.74, 6) is 0.790. The summed E-state index contributed by atoms with van der Waals surface area (Å²) in [4.78, 5) is 10.1. The fourth-order valence-electron chi connectivity index (χ4n) is 1.56. The van der Waals surface area contributed by atoms with E-state index < -0.39 is 4.92 Å². The normalized spacial score (nSPS) is 9.30. The smallest absolute Gasteiger partial charge is 0.287 e. The predicted octanol–water partition coefficient (Wildman–Crippen LogP) is 3.13. The van der Waals surface area contributed by atoms with Gasteiger partial charge in [0.1, 0.15) is 23.1 Å². The van der Waals surface area contributed by atoms with E-state index in [2.05, 4.69) is 0 Å². The molecule has 0 saturated carbocycles. The molecule has 96 valence electrons. The number of benzene rings is 2. The standard InChI is InChI=1S/C14H7N3O3/c15-8-10-1-3-12(4-2-10)20-13-5-6-14(17(18)19)11(7-13)9-16/h1-7H. The second kappa shape index (κ2) is 5.51. The highest BCUT2D eigenvalue weighted by molar-refractivity contribution is 5.52. The molecule has 0 aliphatic carbocycles. The summed E-state index contributed by atoms with van der Waals surface area (Å²) in [5.41, 5.74) is 0.166. The fraction of sp³-hybridized carbons (Fsp3) is 0. The van der Waals surface area contributed by atoms with Gasteiger partial charge in [0.2, 0.25) is 0 Å². The summed E-state index contributed by atoms with van der Waals surface area (Å²) < 4.78 is 5.47. The van der Waals surface area contributed by atoms with E-state index >= 15 is 0 Å². The van der Waals surface area contributed by atoms with E-state index in [1.165, 1.54) is 18.2 Å². The molecule has 2 aromatic carbocycles. The van der Waals surface area contributed by atoms with Gasteiger partial charge in [0.15, 0.2) is 0 Å². The van der Waals surface area contributed by atoms with E-state index in [0.717, 1.165) is 0 Å². The van der Waals surface area contributed by atoms with Gasteiger partial charge in [0.25, 0.3) is 5.69 Å². The van der Waals surface area contributed by atoms with E-state index in [1.54, 1.807) is 30.3 Å². The maximum Gasteiger partial charge on any atom is 0.287 e.